The molecule has 0 radical (unpaired) electrons. The Bertz CT molecular complexity index is 998. The maximum Gasteiger partial charge on any atom is 0.433 e. The number of hydrogen-bond acceptors (Lipinski definition) is 5. The van der Waals surface area contributed by atoms with Crippen LogP contribution in [0.15, 0.2) is 65.8 Å². The van der Waals surface area contributed by atoms with Crippen molar-refractivity contribution in [3.63, 3.8) is 0 Å². The largest absolute Gasteiger partial charge is 0.495 e. The highest BCUT2D eigenvalue weighted by atomic mass is 32.2. The predicted molar refractivity (Wildman–Crippen MR) is 105 cm³/mol. The summed E-state index contributed by atoms with van der Waals surface area (Å²) < 4.78 is 44.9. The summed E-state index contributed by atoms with van der Waals surface area (Å²) in [7, 11) is 1.47. The first-order chi connectivity index (χ1) is 13.9. The van der Waals surface area contributed by atoms with E-state index < -0.39 is 17.8 Å². The summed E-state index contributed by atoms with van der Waals surface area (Å²) in [5, 5.41) is 2.53. The lowest BCUT2D eigenvalue weighted by Gasteiger charge is -2.11. The molecule has 5 nitrogen and oxygen atoms in total. The molecule has 0 spiro atoms. The van der Waals surface area contributed by atoms with Crippen LogP contribution in [-0.4, -0.2) is 28.7 Å². The summed E-state index contributed by atoms with van der Waals surface area (Å²) in [5.41, 5.74) is 0.0795. The molecule has 1 heterocycles. The molecule has 0 unspecified atom stereocenters. The number of thioether (sulfide) groups is 1. The normalized spacial score (nSPS) is 11.2. The number of methoxy groups -OCH3 is 1. The van der Waals surface area contributed by atoms with Gasteiger partial charge in [-0.15, -0.1) is 0 Å². The highest BCUT2D eigenvalue weighted by Crippen LogP contribution is 2.32. The highest BCUT2D eigenvalue weighted by molar-refractivity contribution is 7.99. The fourth-order valence-corrected chi connectivity index (χ4v) is 3.11. The molecule has 29 heavy (non-hydrogen) atoms. The first kappa shape index (κ1) is 20.7. The number of anilines is 1. The molecule has 3 rings (SSSR count). The van der Waals surface area contributed by atoms with Gasteiger partial charge in [0.05, 0.1) is 24.2 Å². The number of nitrogens with one attached hydrogen (secondary N) is 1. The number of alkyl halides is 3. The van der Waals surface area contributed by atoms with E-state index in [1.807, 2.05) is 0 Å². The quantitative estimate of drug-likeness (QED) is 0.455. The molecule has 1 aromatic heterocycles. The number of carbonyl (C=O) groups excluding carboxylic acids is 1. The number of benzene rings is 2. The second-order valence-corrected chi connectivity index (χ2v) is 6.76. The molecule has 0 fully saturated rings. The van der Waals surface area contributed by atoms with E-state index in [9.17, 15) is 18.0 Å². The molecule has 1 N–H and O–H groups in total. The minimum Gasteiger partial charge on any atom is -0.495 e. The van der Waals surface area contributed by atoms with Gasteiger partial charge in [0.2, 0.25) is 5.91 Å². The Kier molecular flexibility index (Phi) is 6.38. The molecule has 0 aliphatic heterocycles. The third-order valence-electron chi connectivity index (χ3n) is 3.78. The van der Waals surface area contributed by atoms with Crippen molar-refractivity contribution >= 4 is 23.4 Å². The van der Waals surface area contributed by atoms with Gasteiger partial charge in [-0.3, -0.25) is 4.79 Å². The Hall–Kier alpha value is -3.07. The van der Waals surface area contributed by atoms with Gasteiger partial charge < -0.3 is 10.1 Å². The number of ether oxygens (including phenoxy) is 1. The van der Waals surface area contributed by atoms with Crippen LogP contribution in [0.3, 0.4) is 0 Å². The van der Waals surface area contributed by atoms with Crippen molar-refractivity contribution in [3.8, 4) is 17.0 Å². The van der Waals surface area contributed by atoms with Gasteiger partial charge >= 0.3 is 6.18 Å². The average molecular weight is 419 g/mol. The summed E-state index contributed by atoms with van der Waals surface area (Å²) >= 11 is 0.825. The lowest BCUT2D eigenvalue weighted by atomic mass is 10.1. The number of para-hydroxylation sites is 2. The zero-order chi connectivity index (χ0) is 20.9. The SMILES string of the molecule is COc1ccccc1NC(=O)CSc1nc(-c2ccccc2)cc(C(F)(F)F)n1. The van der Waals surface area contributed by atoms with Gasteiger partial charge in [0.15, 0.2) is 5.16 Å². The molecule has 2 aromatic carbocycles. The van der Waals surface area contributed by atoms with Crippen LogP contribution in [0.25, 0.3) is 11.3 Å². The number of nitrogens with zero attached hydrogens (tertiary/aromatic N) is 2. The number of halogens is 3. The number of aromatic nitrogens is 2. The van der Waals surface area contributed by atoms with Crippen LogP contribution in [0, 0.1) is 0 Å². The van der Waals surface area contributed by atoms with Gasteiger partial charge in [-0.1, -0.05) is 54.2 Å². The Morgan fingerprint density at radius 1 is 1.07 bits per heavy atom. The maximum absolute atomic E-state index is 13.2. The van der Waals surface area contributed by atoms with E-state index in [1.54, 1.807) is 54.6 Å². The van der Waals surface area contributed by atoms with Crippen LogP contribution in [0.4, 0.5) is 18.9 Å². The van der Waals surface area contributed by atoms with Crippen LogP contribution in [-0.2, 0) is 11.0 Å². The average Bonchev–Trinajstić information content (AvgIpc) is 2.72. The van der Waals surface area contributed by atoms with Gasteiger partial charge in [-0.25, -0.2) is 9.97 Å². The van der Waals surface area contributed by atoms with Crippen molar-refractivity contribution in [1.29, 1.82) is 0 Å². The fourth-order valence-electron chi connectivity index (χ4n) is 2.46. The fraction of sp³-hybridized carbons (Fsp3) is 0.150. The number of amides is 1. The zero-order valence-corrected chi connectivity index (χ0v) is 16.1. The molecule has 150 valence electrons. The maximum atomic E-state index is 13.2. The Morgan fingerprint density at radius 2 is 1.76 bits per heavy atom. The monoisotopic (exact) mass is 419 g/mol. The van der Waals surface area contributed by atoms with Crippen molar-refractivity contribution in [1.82, 2.24) is 9.97 Å². The second kappa shape index (κ2) is 8.95. The lowest BCUT2D eigenvalue weighted by Crippen LogP contribution is -2.15. The third-order valence-corrected chi connectivity index (χ3v) is 4.63. The van der Waals surface area contributed by atoms with Gasteiger partial charge in [-0.2, -0.15) is 13.2 Å². The van der Waals surface area contributed by atoms with Gasteiger partial charge in [0, 0.05) is 5.56 Å². The van der Waals surface area contributed by atoms with E-state index in [1.165, 1.54) is 7.11 Å². The van der Waals surface area contributed by atoms with Crippen molar-refractivity contribution in [2.24, 2.45) is 0 Å². The highest BCUT2D eigenvalue weighted by Gasteiger charge is 2.34. The summed E-state index contributed by atoms with van der Waals surface area (Å²) in [5.74, 6) is -0.0950. The van der Waals surface area contributed by atoms with E-state index in [4.69, 9.17) is 4.74 Å². The lowest BCUT2D eigenvalue weighted by molar-refractivity contribution is -0.141. The van der Waals surface area contributed by atoms with Crippen molar-refractivity contribution in [2.75, 3.05) is 18.2 Å². The number of hydrogen-bond donors (Lipinski definition) is 1. The van der Waals surface area contributed by atoms with Crippen molar-refractivity contribution < 1.29 is 22.7 Å². The van der Waals surface area contributed by atoms with Crippen molar-refractivity contribution in [2.45, 2.75) is 11.3 Å². The minimum absolute atomic E-state index is 0.131. The van der Waals surface area contributed by atoms with Gasteiger partial charge in [0.25, 0.3) is 0 Å². The zero-order valence-electron chi connectivity index (χ0n) is 15.2. The van der Waals surface area contributed by atoms with Crippen LogP contribution in [0.5, 0.6) is 5.75 Å². The molecular weight excluding hydrogens is 403 g/mol. The summed E-state index contributed by atoms with van der Waals surface area (Å²) in [6.45, 7) is 0. The minimum atomic E-state index is -4.62. The second-order valence-electron chi connectivity index (χ2n) is 5.82. The van der Waals surface area contributed by atoms with Crippen LogP contribution < -0.4 is 10.1 Å². The van der Waals surface area contributed by atoms with Crippen LogP contribution in [0.2, 0.25) is 0 Å². The van der Waals surface area contributed by atoms with Crippen molar-refractivity contribution in [3.05, 3.63) is 66.4 Å². The van der Waals surface area contributed by atoms with E-state index in [0.717, 1.165) is 17.8 Å². The molecule has 0 bridgehead atoms. The van der Waals surface area contributed by atoms with Gasteiger partial charge in [0.1, 0.15) is 11.4 Å². The summed E-state index contributed by atoms with van der Waals surface area (Å²) in [4.78, 5) is 20.0. The van der Waals surface area contributed by atoms with E-state index in [2.05, 4.69) is 15.3 Å². The molecular formula is C20H16F3N3O2S. The molecule has 1 amide bonds. The smallest absolute Gasteiger partial charge is 0.433 e. The molecule has 0 aliphatic carbocycles. The number of rotatable bonds is 6. The van der Waals surface area contributed by atoms with E-state index in [-0.39, 0.29) is 16.6 Å². The molecule has 9 heteroatoms. The Balaban J connectivity index is 1.78. The molecule has 0 saturated carbocycles. The van der Waals surface area contributed by atoms with E-state index >= 15 is 0 Å². The molecule has 0 aliphatic rings. The molecule has 3 aromatic rings. The summed E-state index contributed by atoms with van der Waals surface area (Å²) in [6, 6.07) is 16.2. The summed E-state index contributed by atoms with van der Waals surface area (Å²) in [6.07, 6.45) is -4.62. The molecule has 0 atom stereocenters. The van der Waals surface area contributed by atoms with Crippen LogP contribution >= 0.6 is 11.8 Å². The predicted octanol–water partition coefficient (Wildman–Crippen LogP) is 4.90. The third kappa shape index (κ3) is 5.47. The topological polar surface area (TPSA) is 64.1 Å². The Morgan fingerprint density at radius 3 is 2.45 bits per heavy atom. The standard InChI is InChI=1S/C20H16F3N3O2S/c1-28-16-10-6-5-9-14(16)24-18(27)12-29-19-25-15(13-7-3-2-4-8-13)11-17(26-19)20(21,22)23/h2-11H,12H2,1H3,(H,24,27). The molecule has 0 saturated heterocycles. The van der Waals surface area contributed by atoms with Crippen LogP contribution in [0.1, 0.15) is 5.69 Å². The first-order valence-electron chi connectivity index (χ1n) is 8.44. The number of carbonyl (C=O) groups is 1. The first-order valence-corrected chi connectivity index (χ1v) is 9.43. The van der Waals surface area contributed by atoms with E-state index in [0.29, 0.717) is 17.0 Å². The Labute approximate surface area is 169 Å². The van der Waals surface area contributed by atoms with Gasteiger partial charge in [-0.05, 0) is 18.2 Å².